The molecule has 3 N–H and O–H groups in total. The average molecular weight is 269 g/mol. The predicted molar refractivity (Wildman–Crippen MR) is 73.3 cm³/mol. The highest BCUT2D eigenvalue weighted by Gasteiger charge is 2.31. The standard InChI is InChI=1S/C15H11NO4/c1-7-3-2-4-9-12(7)8(6-16-9)13-14(19)10(17)5-11(18)15(13)20/h2-6,16-17,20H,1H3. The first kappa shape index (κ1) is 12.2. The Morgan fingerprint density at radius 1 is 1.15 bits per heavy atom. The summed E-state index contributed by atoms with van der Waals surface area (Å²) in [6.07, 6.45) is 2.27. The zero-order valence-electron chi connectivity index (χ0n) is 10.6. The first-order valence-corrected chi connectivity index (χ1v) is 6.00. The molecule has 1 aromatic heterocycles. The third-order valence-corrected chi connectivity index (χ3v) is 3.38. The van der Waals surface area contributed by atoms with E-state index in [1.54, 1.807) is 6.20 Å². The minimum absolute atomic E-state index is 0.171. The molecule has 0 unspecified atom stereocenters. The molecule has 1 heterocycles. The summed E-state index contributed by atoms with van der Waals surface area (Å²) in [6, 6.07) is 5.55. The van der Waals surface area contributed by atoms with Gasteiger partial charge in [-0.05, 0) is 18.6 Å². The number of fused-ring (bicyclic) bond motifs is 1. The summed E-state index contributed by atoms with van der Waals surface area (Å²) in [5, 5.41) is 20.1. The Labute approximate surface area is 113 Å². The van der Waals surface area contributed by atoms with Gasteiger partial charge >= 0.3 is 0 Å². The monoisotopic (exact) mass is 269 g/mol. The maximum atomic E-state index is 12.0. The molecule has 0 aliphatic heterocycles. The largest absolute Gasteiger partial charge is 0.504 e. The van der Waals surface area contributed by atoms with Gasteiger partial charge in [-0.15, -0.1) is 0 Å². The number of hydrogen-bond acceptors (Lipinski definition) is 4. The number of Topliss-reactive ketones (excluding diaryl/α,β-unsaturated/α-hetero) is 1. The van der Waals surface area contributed by atoms with Gasteiger partial charge in [0, 0.05) is 28.7 Å². The number of aromatic amines is 1. The van der Waals surface area contributed by atoms with Gasteiger partial charge in [-0.2, -0.15) is 0 Å². The Hall–Kier alpha value is -2.82. The van der Waals surface area contributed by atoms with E-state index in [9.17, 15) is 19.8 Å². The number of allylic oxidation sites excluding steroid dienone is 2. The van der Waals surface area contributed by atoms with Crippen molar-refractivity contribution in [1.82, 2.24) is 4.98 Å². The highest BCUT2D eigenvalue weighted by atomic mass is 16.3. The number of aliphatic hydroxyl groups excluding tert-OH is 2. The topological polar surface area (TPSA) is 90.4 Å². The number of aromatic nitrogens is 1. The van der Waals surface area contributed by atoms with Gasteiger partial charge in [-0.25, -0.2) is 0 Å². The van der Waals surface area contributed by atoms with E-state index in [-0.39, 0.29) is 5.57 Å². The average Bonchev–Trinajstić information content (AvgIpc) is 2.82. The second kappa shape index (κ2) is 4.09. The third kappa shape index (κ3) is 1.56. The lowest BCUT2D eigenvalue weighted by Crippen LogP contribution is -2.18. The quantitative estimate of drug-likeness (QED) is 0.693. The van der Waals surface area contributed by atoms with E-state index in [2.05, 4.69) is 4.98 Å². The number of ketones is 2. The Bertz CT molecular complexity index is 824. The highest BCUT2D eigenvalue weighted by molar-refractivity contribution is 6.38. The van der Waals surface area contributed by atoms with Crippen LogP contribution in [-0.2, 0) is 9.59 Å². The molecule has 5 nitrogen and oxygen atoms in total. The molecule has 0 radical (unpaired) electrons. The number of hydrogen-bond donors (Lipinski definition) is 3. The first-order valence-electron chi connectivity index (χ1n) is 6.00. The lowest BCUT2D eigenvalue weighted by Gasteiger charge is -2.12. The van der Waals surface area contributed by atoms with Crippen LogP contribution in [0.4, 0.5) is 0 Å². The molecule has 0 amide bonds. The summed E-state index contributed by atoms with van der Waals surface area (Å²) in [4.78, 5) is 26.6. The maximum absolute atomic E-state index is 12.0. The van der Waals surface area contributed by atoms with Crippen LogP contribution in [0.2, 0.25) is 0 Å². The minimum atomic E-state index is -0.778. The van der Waals surface area contributed by atoms with E-state index in [1.807, 2.05) is 25.1 Å². The number of carbonyl (C=O) groups is 2. The van der Waals surface area contributed by atoms with Gasteiger partial charge in [0.1, 0.15) is 0 Å². The molecule has 1 aliphatic carbocycles. The van der Waals surface area contributed by atoms with Crippen LogP contribution in [0.1, 0.15) is 11.1 Å². The third-order valence-electron chi connectivity index (χ3n) is 3.38. The van der Waals surface area contributed by atoms with Crippen LogP contribution in [0.15, 0.2) is 42.0 Å². The molecule has 0 bridgehead atoms. The highest BCUT2D eigenvalue weighted by Crippen LogP contribution is 2.32. The van der Waals surface area contributed by atoms with Crippen LogP contribution < -0.4 is 0 Å². The van der Waals surface area contributed by atoms with Crippen molar-refractivity contribution in [3.05, 3.63) is 53.1 Å². The van der Waals surface area contributed by atoms with E-state index in [4.69, 9.17) is 0 Å². The van der Waals surface area contributed by atoms with Gasteiger partial charge in [0.25, 0.3) is 0 Å². The van der Waals surface area contributed by atoms with Crippen LogP contribution in [-0.4, -0.2) is 26.8 Å². The van der Waals surface area contributed by atoms with Crippen molar-refractivity contribution in [2.24, 2.45) is 0 Å². The molecule has 0 spiro atoms. The Morgan fingerprint density at radius 2 is 1.90 bits per heavy atom. The number of rotatable bonds is 1. The van der Waals surface area contributed by atoms with Gasteiger partial charge in [-0.3, -0.25) is 9.59 Å². The van der Waals surface area contributed by atoms with Crippen molar-refractivity contribution in [3.8, 4) is 0 Å². The van der Waals surface area contributed by atoms with Gasteiger partial charge in [0.05, 0.1) is 5.57 Å². The van der Waals surface area contributed by atoms with Crippen LogP contribution >= 0.6 is 0 Å². The molecule has 0 saturated heterocycles. The van der Waals surface area contributed by atoms with Gasteiger partial charge in [-0.1, -0.05) is 12.1 Å². The van der Waals surface area contributed by atoms with E-state index in [1.165, 1.54) is 0 Å². The van der Waals surface area contributed by atoms with Crippen molar-refractivity contribution in [1.29, 1.82) is 0 Å². The Balaban J connectivity index is 2.33. The SMILES string of the molecule is Cc1cccc2[nH]cc(C3=C(O)C(=O)C=C(O)C3=O)c12. The molecule has 0 atom stereocenters. The van der Waals surface area contributed by atoms with E-state index in [0.29, 0.717) is 5.56 Å². The molecule has 1 aromatic carbocycles. The molecule has 20 heavy (non-hydrogen) atoms. The summed E-state index contributed by atoms with van der Waals surface area (Å²) in [5.41, 5.74) is 1.92. The minimum Gasteiger partial charge on any atom is -0.504 e. The number of aryl methyl sites for hydroxylation is 1. The lowest BCUT2D eigenvalue weighted by molar-refractivity contribution is -0.117. The summed E-state index contributed by atoms with van der Waals surface area (Å²) >= 11 is 0. The summed E-state index contributed by atoms with van der Waals surface area (Å²) in [6.45, 7) is 1.86. The Kier molecular flexibility index (Phi) is 2.50. The molecule has 0 fully saturated rings. The number of benzene rings is 1. The lowest BCUT2D eigenvalue weighted by atomic mass is 9.92. The zero-order chi connectivity index (χ0) is 14.4. The number of H-pyrrole nitrogens is 1. The zero-order valence-corrected chi connectivity index (χ0v) is 10.6. The van der Waals surface area contributed by atoms with Gasteiger partial charge in [0.15, 0.2) is 11.5 Å². The van der Waals surface area contributed by atoms with Gasteiger partial charge < -0.3 is 15.2 Å². The van der Waals surface area contributed by atoms with Crippen molar-refractivity contribution >= 4 is 28.0 Å². The normalized spacial score (nSPS) is 15.9. The summed E-state index contributed by atoms with van der Waals surface area (Å²) in [5.74, 6) is -2.84. The molecule has 3 rings (SSSR count). The molecule has 100 valence electrons. The van der Waals surface area contributed by atoms with Crippen LogP contribution in [0.25, 0.3) is 16.5 Å². The molecular formula is C15H11NO4. The number of carbonyl (C=O) groups excluding carboxylic acids is 2. The van der Waals surface area contributed by atoms with E-state index < -0.39 is 23.1 Å². The number of aliphatic hydroxyl groups is 2. The smallest absolute Gasteiger partial charge is 0.231 e. The van der Waals surface area contributed by atoms with Crippen LogP contribution in [0.5, 0.6) is 0 Å². The van der Waals surface area contributed by atoms with Crippen LogP contribution in [0.3, 0.4) is 0 Å². The van der Waals surface area contributed by atoms with Crippen LogP contribution in [0, 0.1) is 6.92 Å². The fourth-order valence-electron chi connectivity index (χ4n) is 2.43. The van der Waals surface area contributed by atoms with E-state index in [0.717, 1.165) is 22.5 Å². The number of nitrogens with one attached hydrogen (secondary N) is 1. The molecule has 0 saturated carbocycles. The molecule has 2 aromatic rings. The summed E-state index contributed by atoms with van der Waals surface area (Å²) in [7, 11) is 0. The first-order chi connectivity index (χ1) is 9.50. The van der Waals surface area contributed by atoms with Crippen molar-refractivity contribution in [2.45, 2.75) is 6.92 Å². The fourth-order valence-corrected chi connectivity index (χ4v) is 2.43. The second-order valence-electron chi connectivity index (χ2n) is 4.65. The molecular weight excluding hydrogens is 258 g/mol. The van der Waals surface area contributed by atoms with E-state index >= 15 is 0 Å². The Morgan fingerprint density at radius 3 is 2.65 bits per heavy atom. The van der Waals surface area contributed by atoms with Crippen molar-refractivity contribution in [3.63, 3.8) is 0 Å². The second-order valence-corrected chi connectivity index (χ2v) is 4.65. The van der Waals surface area contributed by atoms with Gasteiger partial charge in [0.2, 0.25) is 11.6 Å². The predicted octanol–water partition coefficient (Wildman–Crippen LogP) is 2.34. The van der Waals surface area contributed by atoms with Crippen molar-refractivity contribution in [2.75, 3.05) is 0 Å². The van der Waals surface area contributed by atoms with Crippen molar-refractivity contribution < 1.29 is 19.8 Å². The maximum Gasteiger partial charge on any atom is 0.231 e. The molecule has 5 heteroatoms. The fraction of sp³-hybridized carbons (Fsp3) is 0.0667. The molecule has 1 aliphatic rings. The summed E-state index contributed by atoms with van der Waals surface area (Å²) < 4.78 is 0.